The molecule has 3 rings (SSSR count). The van der Waals surface area contributed by atoms with Crippen LogP contribution in [-0.4, -0.2) is 20.5 Å². The summed E-state index contributed by atoms with van der Waals surface area (Å²) < 4.78 is 14.2. The van der Waals surface area contributed by atoms with E-state index in [1.165, 1.54) is 6.26 Å². The molecule has 6 nitrogen and oxygen atoms in total. The molecule has 0 aliphatic carbocycles. The maximum Gasteiger partial charge on any atom is 0.352 e. The van der Waals surface area contributed by atoms with Gasteiger partial charge in [-0.1, -0.05) is 28.2 Å². The molecule has 2 heterocycles. The van der Waals surface area contributed by atoms with Crippen LogP contribution in [0.4, 0.5) is 0 Å². The second-order valence-electron chi connectivity index (χ2n) is 4.41. The van der Waals surface area contributed by atoms with Gasteiger partial charge in [0.25, 0.3) is 0 Å². The van der Waals surface area contributed by atoms with Gasteiger partial charge in [0.2, 0.25) is 0 Å². The Morgan fingerprint density at radius 2 is 2.32 bits per heavy atom. The number of benzene rings is 1. The van der Waals surface area contributed by atoms with Gasteiger partial charge in [-0.2, -0.15) is 0 Å². The average molecular weight is 336 g/mol. The zero-order valence-electron chi connectivity index (χ0n) is 11.4. The van der Waals surface area contributed by atoms with E-state index in [-0.39, 0.29) is 11.5 Å². The quantitative estimate of drug-likeness (QED) is 0.679. The molecular formula is C14H10ClN3O3S. The largest absolute Gasteiger partial charge is 0.457 e. The van der Waals surface area contributed by atoms with E-state index in [2.05, 4.69) is 14.6 Å². The average Bonchev–Trinajstić information content (AvgIpc) is 3.13. The van der Waals surface area contributed by atoms with Crippen molar-refractivity contribution in [3.8, 4) is 11.4 Å². The summed E-state index contributed by atoms with van der Waals surface area (Å²) in [6.45, 7) is 1.83. The van der Waals surface area contributed by atoms with Crippen molar-refractivity contribution in [2.45, 2.75) is 13.5 Å². The molecule has 0 aliphatic heterocycles. The molecule has 0 fully saturated rings. The molecule has 22 heavy (non-hydrogen) atoms. The zero-order chi connectivity index (χ0) is 15.5. The van der Waals surface area contributed by atoms with Crippen molar-refractivity contribution < 1.29 is 13.9 Å². The third kappa shape index (κ3) is 3.15. The van der Waals surface area contributed by atoms with Gasteiger partial charge in [0.1, 0.15) is 24.3 Å². The number of esters is 1. The Bertz CT molecular complexity index is 815. The molecule has 0 aliphatic rings. The maximum absolute atomic E-state index is 12.2. The fourth-order valence-corrected chi connectivity index (χ4v) is 2.59. The third-order valence-corrected chi connectivity index (χ3v) is 3.73. The number of ether oxygens (including phenoxy) is 1. The second kappa shape index (κ2) is 6.25. The van der Waals surface area contributed by atoms with Crippen molar-refractivity contribution in [2.24, 2.45) is 0 Å². The molecule has 0 saturated carbocycles. The van der Waals surface area contributed by atoms with Crippen molar-refractivity contribution in [1.82, 2.24) is 14.6 Å². The molecular weight excluding hydrogens is 326 g/mol. The number of aryl methyl sites for hydroxylation is 1. The first-order valence-corrected chi connectivity index (χ1v) is 7.45. The molecule has 2 aromatic heterocycles. The standard InChI is InChI=1S/C14H10ClN3O3S/c1-8-16-11(7-20-8)12-13(22-18-17-12)14(19)21-6-9-3-2-4-10(15)5-9/h2-5,7H,6H2,1H3. The lowest BCUT2D eigenvalue weighted by molar-refractivity contribution is 0.0479. The van der Waals surface area contributed by atoms with Gasteiger partial charge in [-0.05, 0) is 29.2 Å². The van der Waals surface area contributed by atoms with Crippen LogP contribution in [0.2, 0.25) is 5.02 Å². The fraction of sp³-hybridized carbons (Fsp3) is 0.143. The van der Waals surface area contributed by atoms with Crippen molar-refractivity contribution in [3.63, 3.8) is 0 Å². The molecule has 0 unspecified atom stereocenters. The van der Waals surface area contributed by atoms with Crippen LogP contribution in [0.15, 0.2) is 34.9 Å². The summed E-state index contributed by atoms with van der Waals surface area (Å²) >= 11 is 6.85. The normalized spacial score (nSPS) is 10.6. The van der Waals surface area contributed by atoms with Crippen molar-refractivity contribution in [2.75, 3.05) is 0 Å². The molecule has 0 N–H and O–H groups in total. The Labute approximate surface area is 134 Å². The van der Waals surface area contributed by atoms with E-state index in [0.717, 1.165) is 17.1 Å². The highest BCUT2D eigenvalue weighted by Gasteiger charge is 2.21. The van der Waals surface area contributed by atoms with Crippen LogP contribution < -0.4 is 0 Å². The Morgan fingerprint density at radius 1 is 1.45 bits per heavy atom. The highest BCUT2D eigenvalue weighted by Crippen LogP contribution is 2.24. The molecule has 0 saturated heterocycles. The lowest BCUT2D eigenvalue weighted by Crippen LogP contribution is -2.05. The van der Waals surface area contributed by atoms with Gasteiger partial charge in [0.05, 0.1) is 0 Å². The number of nitrogens with zero attached hydrogens (tertiary/aromatic N) is 3. The Balaban J connectivity index is 1.75. The van der Waals surface area contributed by atoms with Gasteiger partial charge >= 0.3 is 5.97 Å². The predicted octanol–water partition coefficient (Wildman–Crippen LogP) is 3.51. The van der Waals surface area contributed by atoms with Gasteiger partial charge < -0.3 is 9.15 Å². The molecule has 0 bridgehead atoms. The van der Waals surface area contributed by atoms with Gasteiger partial charge in [0, 0.05) is 11.9 Å². The van der Waals surface area contributed by atoms with Crippen LogP contribution in [0.3, 0.4) is 0 Å². The van der Waals surface area contributed by atoms with E-state index < -0.39 is 5.97 Å². The Kier molecular flexibility index (Phi) is 4.17. The fourth-order valence-electron chi connectivity index (χ4n) is 1.81. The molecule has 3 aromatic rings. The van der Waals surface area contributed by atoms with E-state index in [9.17, 15) is 4.79 Å². The van der Waals surface area contributed by atoms with Crippen LogP contribution in [0, 0.1) is 6.92 Å². The number of carbonyl (C=O) groups is 1. The van der Waals surface area contributed by atoms with E-state index in [0.29, 0.717) is 22.3 Å². The minimum absolute atomic E-state index is 0.120. The Morgan fingerprint density at radius 3 is 3.05 bits per heavy atom. The van der Waals surface area contributed by atoms with Crippen molar-refractivity contribution in [3.05, 3.63) is 51.9 Å². The molecule has 0 spiro atoms. The van der Waals surface area contributed by atoms with Gasteiger partial charge in [-0.25, -0.2) is 9.78 Å². The summed E-state index contributed by atoms with van der Waals surface area (Å²) in [5, 5.41) is 4.50. The summed E-state index contributed by atoms with van der Waals surface area (Å²) in [6, 6.07) is 7.11. The maximum atomic E-state index is 12.2. The van der Waals surface area contributed by atoms with Crippen LogP contribution in [0.5, 0.6) is 0 Å². The Hall–Kier alpha value is -2.25. The summed E-state index contributed by atoms with van der Waals surface area (Å²) in [4.78, 5) is 16.6. The highest BCUT2D eigenvalue weighted by atomic mass is 35.5. The molecule has 0 radical (unpaired) electrons. The van der Waals surface area contributed by atoms with Gasteiger partial charge in [-0.15, -0.1) is 5.10 Å². The van der Waals surface area contributed by atoms with Crippen LogP contribution in [0.1, 0.15) is 21.1 Å². The number of rotatable bonds is 4. The van der Waals surface area contributed by atoms with E-state index in [4.69, 9.17) is 20.8 Å². The predicted molar refractivity (Wildman–Crippen MR) is 80.7 cm³/mol. The number of hydrogen-bond donors (Lipinski definition) is 0. The van der Waals surface area contributed by atoms with Crippen molar-refractivity contribution >= 4 is 29.1 Å². The third-order valence-electron chi connectivity index (χ3n) is 2.79. The lowest BCUT2D eigenvalue weighted by atomic mass is 10.2. The molecule has 0 amide bonds. The van der Waals surface area contributed by atoms with Gasteiger partial charge in [0.15, 0.2) is 10.8 Å². The first kappa shape index (κ1) is 14.7. The smallest absolute Gasteiger partial charge is 0.352 e. The number of hydrogen-bond acceptors (Lipinski definition) is 7. The molecule has 1 aromatic carbocycles. The summed E-state index contributed by atoms with van der Waals surface area (Å²) in [6.07, 6.45) is 1.43. The highest BCUT2D eigenvalue weighted by molar-refractivity contribution is 7.08. The van der Waals surface area contributed by atoms with E-state index in [1.807, 2.05) is 6.07 Å². The molecule has 8 heteroatoms. The summed E-state index contributed by atoms with van der Waals surface area (Å²) in [7, 11) is 0. The summed E-state index contributed by atoms with van der Waals surface area (Å²) in [5.41, 5.74) is 1.62. The molecule has 112 valence electrons. The number of carbonyl (C=O) groups excluding carboxylic acids is 1. The van der Waals surface area contributed by atoms with E-state index in [1.54, 1.807) is 25.1 Å². The monoisotopic (exact) mass is 335 g/mol. The number of oxazole rings is 1. The van der Waals surface area contributed by atoms with Gasteiger partial charge in [-0.3, -0.25) is 0 Å². The topological polar surface area (TPSA) is 78.1 Å². The first-order valence-electron chi connectivity index (χ1n) is 6.30. The van der Waals surface area contributed by atoms with Crippen LogP contribution >= 0.6 is 23.1 Å². The lowest BCUT2D eigenvalue weighted by Gasteiger charge is -2.04. The minimum Gasteiger partial charge on any atom is -0.457 e. The number of halogens is 1. The SMILES string of the molecule is Cc1nc(-c2nnsc2C(=O)OCc2cccc(Cl)c2)co1. The second-order valence-corrected chi connectivity index (χ2v) is 5.60. The van der Waals surface area contributed by atoms with E-state index >= 15 is 0 Å². The van der Waals surface area contributed by atoms with Crippen LogP contribution in [0.25, 0.3) is 11.4 Å². The zero-order valence-corrected chi connectivity index (χ0v) is 13.0. The van der Waals surface area contributed by atoms with Crippen molar-refractivity contribution in [1.29, 1.82) is 0 Å². The van der Waals surface area contributed by atoms with Crippen LogP contribution in [-0.2, 0) is 11.3 Å². The molecule has 0 atom stereocenters. The first-order chi connectivity index (χ1) is 10.6. The summed E-state index contributed by atoms with van der Waals surface area (Å²) in [5.74, 6) is -0.0214. The number of aromatic nitrogens is 3. The minimum atomic E-state index is -0.509.